The van der Waals surface area contributed by atoms with Gasteiger partial charge in [0.1, 0.15) is 11.6 Å². The van der Waals surface area contributed by atoms with Crippen LogP contribution >= 0.6 is 11.6 Å². The lowest BCUT2D eigenvalue weighted by atomic mass is 10.1. The third kappa shape index (κ3) is 6.74. The van der Waals surface area contributed by atoms with Gasteiger partial charge in [0.15, 0.2) is 0 Å². The Balaban J connectivity index is 2.06. The molecule has 3 aromatic rings. The Morgan fingerprint density at radius 2 is 1.74 bits per heavy atom. The molecule has 0 amide bonds. The van der Waals surface area contributed by atoms with E-state index in [-0.39, 0.29) is 30.3 Å². The Morgan fingerprint density at radius 3 is 2.32 bits per heavy atom. The van der Waals surface area contributed by atoms with Crippen LogP contribution < -0.4 is 15.4 Å². The van der Waals surface area contributed by atoms with Gasteiger partial charge in [-0.05, 0) is 55.2 Å². The number of hydrogen-bond donors (Lipinski definition) is 3. The average Bonchev–Trinajstić information content (AvgIpc) is 2.73. The van der Waals surface area contributed by atoms with Crippen LogP contribution in [0.1, 0.15) is 25.0 Å². The van der Waals surface area contributed by atoms with E-state index in [1.54, 1.807) is 12.1 Å². The van der Waals surface area contributed by atoms with Crippen molar-refractivity contribution in [2.45, 2.75) is 40.1 Å². The first-order valence-electron chi connectivity index (χ1n) is 10.6. The maximum absolute atomic E-state index is 12.7. The molecule has 1 aromatic heterocycles. The van der Waals surface area contributed by atoms with Crippen LogP contribution in [0.4, 0.5) is 30.6 Å². The second kappa shape index (κ2) is 10.5. The Labute approximate surface area is 201 Å². The molecule has 0 saturated carbocycles. The zero-order chi connectivity index (χ0) is 25.0. The third-order valence-corrected chi connectivity index (χ3v) is 5.37. The van der Waals surface area contributed by atoms with Gasteiger partial charge in [0, 0.05) is 22.3 Å². The molecule has 0 spiro atoms. The molecule has 1 heterocycles. The van der Waals surface area contributed by atoms with E-state index in [4.69, 9.17) is 11.6 Å². The predicted molar refractivity (Wildman–Crippen MR) is 128 cm³/mol. The number of ether oxygens (including phenoxy) is 1. The van der Waals surface area contributed by atoms with Crippen molar-refractivity contribution in [3.63, 3.8) is 0 Å². The van der Waals surface area contributed by atoms with Gasteiger partial charge < -0.3 is 20.5 Å². The van der Waals surface area contributed by atoms with E-state index in [0.29, 0.717) is 22.1 Å². The fourth-order valence-corrected chi connectivity index (χ4v) is 3.73. The molecule has 0 bridgehead atoms. The Hall–Kier alpha value is -3.04. The number of rotatable bonds is 8. The SMILES string of the molecule is Cc1cc(Cl)cc(C)c1Nc1cc(-c2cccc(OC(F)(F)F)c2)nc(N[C@H](CO)C(C)C)n1. The van der Waals surface area contributed by atoms with Crippen LogP contribution in [0, 0.1) is 19.8 Å². The molecule has 3 N–H and O–H groups in total. The monoisotopic (exact) mass is 494 g/mol. The molecular formula is C24H26ClF3N4O2. The lowest BCUT2D eigenvalue weighted by Crippen LogP contribution is -2.30. The normalized spacial score (nSPS) is 12.5. The molecule has 0 aliphatic carbocycles. The highest BCUT2D eigenvalue weighted by atomic mass is 35.5. The number of benzene rings is 2. The van der Waals surface area contributed by atoms with E-state index >= 15 is 0 Å². The van der Waals surface area contributed by atoms with Gasteiger partial charge in [0.05, 0.1) is 18.3 Å². The zero-order valence-electron chi connectivity index (χ0n) is 19.2. The molecule has 0 fully saturated rings. The minimum atomic E-state index is -4.81. The van der Waals surface area contributed by atoms with Crippen molar-refractivity contribution in [1.29, 1.82) is 0 Å². The first-order valence-corrected chi connectivity index (χ1v) is 11.0. The highest BCUT2D eigenvalue weighted by Crippen LogP contribution is 2.31. The van der Waals surface area contributed by atoms with Crippen molar-refractivity contribution >= 4 is 29.1 Å². The van der Waals surface area contributed by atoms with Gasteiger partial charge in [0.25, 0.3) is 0 Å². The van der Waals surface area contributed by atoms with Gasteiger partial charge in [-0.25, -0.2) is 4.98 Å². The van der Waals surface area contributed by atoms with Gasteiger partial charge in [-0.15, -0.1) is 13.2 Å². The van der Waals surface area contributed by atoms with Crippen molar-refractivity contribution < 1.29 is 23.0 Å². The number of aliphatic hydroxyl groups is 1. The number of anilines is 3. The summed E-state index contributed by atoms with van der Waals surface area (Å²) < 4.78 is 42.2. The molecule has 0 saturated heterocycles. The minimum Gasteiger partial charge on any atom is -0.406 e. The van der Waals surface area contributed by atoms with E-state index in [0.717, 1.165) is 16.8 Å². The highest BCUT2D eigenvalue weighted by molar-refractivity contribution is 6.30. The van der Waals surface area contributed by atoms with Crippen LogP contribution in [-0.4, -0.2) is 34.1 Å². The van der Waals surface area contributed by atoms with Crippen LogP contribution in [-0.2, 0) is 0 Å². The zero-order valence-corrected chi connectivity index (χ0v) is 19.9. The second-order valence-corrected chi connectivity index (χ2v) is 8.69. The fourth-order valence-electron chi connectivity index (χ4n) is 3.40. The lowest BCUT2D eigenvalue weighted by molar-refractivity contribution is -0.274. The van der Waals surface area contributed by atoms with Crippen molar-refractivity contribution in [2.75, 3.05) is 17.2 Å². The number of hydrogen-bond acceptors (Lipinski definition) is 6. The summed E-state index contributed by atoms with van der Waals surface area (Å²) in [7, 11) is 0. The molecule has 182 valence electrons. The van der Waals surface area contributed by atoms with E-state index in [1.807, 2.05) is 39.8 Å². The number of nitrogens with zero attached hydrogens (tertiary/aromatic N) is 2. The van der Waals surface area contributed by atoms with Crippen molar-refractivity contribution in [2.24, 2.45) is 5.92 Å². The van der Waals surface area contributed by atoms with Crippen LogP contribution in [0.5, 0.6) is 5.75 Å². The van der Waals surface area contributed by atoms with E-state index in [2.05, 4.69) is 25.3 Å². The Kier molecular flexibility index (Phi) is 7.89. The summed E-state index contributed by atoms with van der Waals surface area (Å²) in [4.78, 5) is 9.00. The summed E-state index contributed by atoms with van der Waals surface area (Å²) in [5.41, 5.74) is 3.38. The molecule has 6 nitrogen and oxygen atoms in total. The maximum atomic E-state index is 12.7. The Bertz CT molecular complexity index is 1130. The smallest absolute Gasteiger partial charge is 0.406 e. The minimum absolute atomic E-state index is 0.0814. The summed E-state index contributed by atoms with van der Waals surface area (Å²) >= 11 is 6.14. The molecule has 1 atom stereocenters. The Morgan fingerprint density at radius 1 is 1.06 bits per heavy atom. The third-order valence-electron chi connectivity index (χ3n) is 5.16. The molecule has 0 aliphatic rings. The topological polar surface area (TPSA) is 79.3 Å². The van der Waals surface area contributed by atoms with Crippen LogP contribution in [0.3, 0.4) is 0 Å². The van der Waals surface area contributed by atoms with Gasteiger partial charge in [0.2, 0.25) is 5.95 Å². The molecule has 3 rings (SSSR count). The van der Waals surface area contributed by atoms with Gasteiger partial charge >= 0.3 is 6.36 Å². The summed E-state index contributed by atoms with van der Waals surface area (Å²) in [6.45, 7) is 7.55. The quantitative estimate of drug-likeness (QED) is 0.332. The van der Waals surface area contributed by atoms with Crippen molar-refractivity contribution in [3.05, 3.63) is 58.6 Å². The molecular weight excluding hydrogens is 469 g/mol. The number of halogens is 4. The highest BCUT2D eigenvalue weighted by Gasteiger charge is 2.31. The number of nitrogens with one attached hydrogen (secondary N) is 2. The predicted octanol–water partition coefficient (Wildman–Crippen LogP) is 6.48. The average molecular weight is 495 g/mol. The van der Waals surface area contributed by atoms with E-state index in [9.17, 15) is 18.3 Å². The molecule has 0 unspecified atom stereocenters. The standard InChI is InChI=1S/C24H26ClF3N4O2/c1-13(2)20(12-33)30-23-29-19(16-6-5-7-18(10-16)34-24(26,27)28)11-21(32-23)31-22-14(3)8-17(25)9-15(22)4/h5-11,13,20,33H,12H2,1-4H3,(H2,29,30,31,32)/t20-/m1/s1. The second-order valence-electron chi connectivity index (χ2n) is 8.25. The summed E-state index contributed by atoms with van der Waals surface area (Å²) in [5.74, 6) is 0.369. The molecule has 2 aromatic carbocycles. The van der Waals surface area contributed by atoms with Crippen LogP contribution in [0.2, 0.25) is 5.02 Å². The van der Waals surface area contributed by atoms with E-state index in [1.165, 1.54) is 18.2 Å². The summed E-state index contributed by atoms with van der Waals surface area (Å²) in [6, 6.07) is 10.5. The van der Waals surface area contributed by atoms with Crippen LogP contribution in [0.15, 0.2) is 42.5 Å². The number of alkyl halides is 3. The molecule has 10 heteroatoms. The largest absolute Gasteiger partial charge is 0.573 e. The molecule has 0 aliphatic heterocycles. The molecule has 34 heavy (non-hydrogen) atoms. The maximum Gasteiger partial charge on any atom is 0.573 e. The first kappa shape index (κ1) is 25.6. The van der Waals surface area contributed by atoms with E-state index < -0.39 is 6.36 Å². The molecule has 0 radical (unpaired) electrons. The summed E-state index contributed by atoms with van der Waals surface area (Å²) in [6.07, 6.45) is -4.81. The number of aliphatic hydroxyl groups excluding tert-OH is 1. The number of aryl methyl sites for hydroxylation is 2. The van der Waals surface area contributed by atoms with Gasteiger partial charge in [-0.3, -0.25) is 0 Å². The lowest BCUT2D eigenvalue weighted by Gasteiger charge is -2.21. The first-order chi connectivity index (χ1) is 15.9. The van der Waals surface area contributed by atoms with Crippen molar-refractivity contribution in [3.8, 4) is 17.0 Å². The summed E-state index contributed by atoms with van der Waals surface area (Å²) in [5, 5.41) is 16.7. The fraction of sp³-hybridized carbons (Fsp3) is 0.333. The van der Waals surface area contributed by atoms with Gasteiger partial charge in [-0.1, -0.05) is 37.6 Å². The van der Waals surface area contributed by atoms with Gasteiger partial charge in [-0.2, -0.15) is 4.98 Å². The van der Waals surface area contributed by atoms with Crippen molar-refractivity contribution in [1.82, 2.24) is 9.97 Å². The van der Waals surface area contributed by atoms with Crippen LogP contribution in [0.25, 0.3) is 11.3 Å². The number of aromatic nitrogens is 2.